The minimum Gasteiger partial charge on any atom is -0.388 e. The summed E-state index contributed by atoms with van der Waals surface area (Å²) in [6.45, 7) is 7.58. The first-order valence-electron chi connectivity index (χ1n) is 7.27. The van der Waals surface area contributed by atoms with Crippen LogP contribution in [-0.4, -0.2) is 38.0 Å². The van der Waals surface area contributed by atoms with Crippen molar-refractivity contribution < 1.29 is 9.90 Å². The Balaban J connectivity index is 2.04. The third kappa shape index (κ3) is 3.36. The molecule has 0 fully saturated rings. The second-order valence-electron chi connectivity index (χ2n) is 6.12. The number of fused-ring (bicyclic) bond motifs is 1. The molecule has 1 atom stereocenters. The predicted molar refractivity (Wildman–Crippen MR) is 85.7 cm³/mol. The molecule has 22 heavy (non-hydrogen) atoms. The maximum absolute atomic E-state index is 11.9. The largest absolute Gasteiger partial charge is 0.388 e. The SMILES string of the molecule is Cc1nn(C)c2ncc(NC(=O)NCC(C)(O)C(C)C)cc12. The third-order valence-electron chi connectivity index (χ3n) is 3.97. The van der Waals surface area contributed by atoms with Crippen molar-refractivity contribution in [2.24, 2.45) is 13.0 Å². The molecule has 2 rings (SSSR count). The molecule has 2 heterocycles. The van der Waals surface area contributed by atoms with E-state index in [1.165, 1.54) is 0 Å². The van der Waals surface area contributed by atoms with Crippen molar-refractivity contribution in [2.45, 2.75) is 33.3 Å². The molecule has 0 aliphatic heterocycles. The van der Waals surface area contributed by atoms with E-state index in [4.69, 9.17) is 0 Å². The van der Waals surface area contributed by atoms with Gasteiger partial charge in [-0.2, -0.15) is 5.10 Å². The van der Waals surface area contributed by atoms with Gasteiger partial charge in [-0.15, -0.1) is 0 Å². The lowest BCUT2D eigenvalue weighted by molar-refractivity contribution is 0.0170. The summed E-state index contributed by atoms with van der Waals surface area (Å²) in [5, 5.41) is 20.7. The van der Waals surface area contributed by atoms with E-state index >= 15 is 0 Å². The van der Waals surface area contributed by atoms with E-state index in [-0.39, 0.29) is 18.5 Å². The zero-order valence-corrected chi connectivity index (χ0v) is 13.6. The fraction of sp³-hybridized carbons (Fsp3) is 0.533. The maximum Gasteiger partial charge on any atom is 0.319 e. The minimum atomic E-state index is -0.945. The van der Waals surface area contributed by atoms with Crippen LogP contribution >= 0.6 is 0 Å². The van der Waals surface area contributed by atoms with Crippen molar-refractivity contribution >= 4 is 22.8 Å². The molecule has 2 amide bonds. The fourth-order valence-electron chi connectivity index (χ4n) is 2.01. The molecular weight excluding hydrogens is 282 g/mol. The molecule has 0 aliphatic rings. The Kier molecular flexibility index (Phi) is 4.37. The van der Waals surface area contributed by atoms with Gasteiger partial charge in [0.05, 0.1) is 23.2 Å². The van der Waals surface area contributed by atoms with Gasteiger partial charge in [0.25, 0.3) is 0 Å². The molecule has 120 valence electrons. The molecule has 3 N–H and O–H groups in total. The van der Waals surface area contributed by atoms with E-state index in [2.05, 4.69) is 20.7 Å². The fourth-order valence-corrected chi connectivity index (χ4v) is 2.01. The number of aryl methyl sites for hydroxylation is 2. The van der Waals surface area contributed by atoms with Gasteiger partial charge >= 0.3 is 6.03 Å². The average molecular weight is 305 g/mol. The number of urea groups is 1. The number of nitrogens with zero attached hydrogens (tertiary/aromatic N) is 3. The van der Waals surface area contributed by atoms with Gasteiger partial charge in [0.2, 0.25) is 0 Å². The summed E-state index contributed by atoms with van der Waals surface area (Å²) in [5.74, 6) is 0.0452. The Morgan fingerprint density at radius 2 is 2.18 bits per heavy atom. The van der Waals surface area contributed by atoms with Gasteiger partial charge in [-0.3, -0.25) is 4.68 Å². The van der Waals surface area contributed by atoms with Crippen LogP contribution in [0, 0.1) is 12.8 Å². The second kappa shape index (κ2) is 5.92. The van der Waals surface area contributed by atoms with Crippen LogP contribution in [0.15, 0.2) is 12.3 Å². The van der Waals surface area contributed by atoms with Crippen LogP contribution < -0.4 is 10.6 Å². The second-order valence-corrected chi connectivity index (χ2v) is 6.12. The normalized spacial score (nSPS) is 14.1. The monoisotopic (exact) mass is 305 g/mol. The summed E-state index contributed by atoms with van der Waals surface area (Å²) in [7, 11) is 1.83. The van der Waals surface area contributed by atoms with Crippen LogP contribution in [0.1, 0.15) is 26.5 Å². The molecule has 0 aliphatic carbocycles. The van der Waals surface area contributed by atoms with Gasteiger partial charge < -0.3 is 15.7 Å². The molecule has 0 bridgehead atoms. The highest BCUT2D eigenvalue weighted by atomic mass is 16.3. The summed E-state index contributed by atoms with van der Waals surface area (Å²) < 4.78 is 1.70. The number of nitrogens with one attached hydrogen (secondary N) is 2. The molecule has 1 unspecified atom stereocenters. The lowest BCUT2D eigenvalue weighted by Gasteiger charge is -2.27. The third-order valence-corrected chi connectivity index (χ3v) is 3.97. The number of hydrogen-bond acceptors (Lipinski definition) is 4. The topological polar surface area (TPSA) is 92.1 Å². The Morgan fingerprint density at radius 3 is 2.82 bits per heavy atom. The molecule has 7 nitrogen and oxygen atoms in total. The zero-order valence-electron chi connectivity index (χ0n) is 13.6. The van der Waals surface area contributed by atoms with Crippen molar-refractivity contribution in [3.05, 3.63) is 18.0 Å². The van der Waals surface area contributed by atoms with Crippen molar-refractivity contribution in [1.82, 2.24) is 20.1 Å². The summed E-state index contributed by atoms with van der Waals surface area (Å²) >= 11 is 0. The lowest BCUT2D eigenvalue weighted by Crippen LogP contribution is -2.45. The van der Waals surface area contributed by atoms with E-state index in [0.717, 1.165) is 16.7 Å². The number of carbonyl (C=O) groups excluding carboxylic acids is 1. The molecule has 0 spiro atoms. The first kappa shape index (κ1) is 16.2. The summed E-state index contributed by atoms with van der Waals surface area (Å²) in [6, 6.07) is 1.47. The van der Waals surface area contributed by atoms with E-state index in [9.17, 15) is 9.90 Å². The summed E-state index contributed by atoms with van der Waals surface area (Å²) in [4.78, 5) is 16.2. The number of aromatic nitrogens is 3. The molecule has 2 aromatic rings. The highest BCUT2D eigenvalue weighted by Crippen LogP contribution is 2.19. The zero-order chi connectivity index (χ0) is 16.5. The predicted octanol–water partition coefficient (Wildman–Crippen LogP) is 1.81. The van der Waals surface area contributed by atoms with Crippen molar-refractivity contribution in [2.75, 3.05) is 11.9 Å². The Bertz CT molecular complexity index is 691. The average Bonchev–Trinajstić information content (AvgIpc) is 2.71. The van der Waals surface area contributed by atoms with Crippen LogP contribution in [0.25, 0.3) is 11.0 Å². The van der Waals surface area contributed by atoms with Crippen LogP contribution in [0.5, 0.6) is 0 Å². The first-order valence-corrected chi connectivity index (χ1v) is 7.27. The van der Waals surface area contributed by atoms with Crippen molar-refractivity contribution in [1.29, 1.82) is 0 Å². The van der Waals surface area contributed by atoms with Gasteiger partial charge in [-0.25, -0.2) is 9.78 Å². The quantitative estimate of drug-likeness (QED) is 0.803. The number of anilines is 1. The van der Waals surface area contributed by atoms with E-state index in [0.29, 0.717) is 5.69 Å². The molecule has 0 saturated carbocycles. The van der Waals surface area contributed by atoms with Crippen LogP contribution in [-0.2, 0) is 7.05 Å². The van der Waals surface area contributed by atoms with Gasteiger partial charge in [0, 0.05) is 19.0 Å². The minimum absolute atomic E-state index is 0.0452. The van der Waals surface area contributed by atoms with E-state index in [1.54, 1.807) is 17.8 Å². The smallest absolute Gasteiger partial charge is 0.319 e. The molecule has 7 heteroatoms. The Morgan fingerprint density at radius 1 is 1.50 bits per heavy atom. The first-order chi connectivity index (χ1) is 10.2. The summed E-state index contributed by atoms with van der Waals surface area (Å²) in [6.07, 6.45) is 1.59. The Hall–Kier alpha value is -2.15. The number of hydrogen-bond donors (Lipinski definition) is 3. The lowest BCUT2D eigenvalue weighted by atomic mass is 9.93. The molecule has 2 aromatic heterocycles. The van der Waals surface area contributed by atoms with Gasteiger partial charge in [0.1, 0.15) is 0 Å². The van der Waals surface area contributed by atoms with Crippen LogP contribution in [0.4, 0.5) is 10.5 Å². The van der Waals surface area contributed by atoms with Gasteiger partial charge in [-0.1, -0.05) is 13.8 Å². The van der Waals surface area contributed by atoms with Crippen LogP contribution in [0.3, 0.4) is 0 Å². The highest BCUT2D eigenvalue weighted by Gasteiger charge is 2.25. The van der Waals surface area contributed by atoms with Crippen molar-refractivity contribution in [3.8, 4) is 0 Å². The van der Waals surface area contributed by atoms with Gasteiger partial charge in [-0.05, 0) is 25.8 Å². The number of rotatable bonds is 4. The van der Waals surface area contributed by atoms with Crippen LogP contribution in [0.2, 0.25) is 0 Å². The summed E-state index contributed by atoms with van der Waals surface area (Å²) in [5.41, 5.74) is 1.27. The molecule has 0 radical (unpaired) electrons. The molecule has 0 saturated heterocycles. The van der Waals surface area contributed by atoms with E-state index < -0.39 is 5.60 Å². The Labute approximate surface area is 129 Å². The molecular formula is C15H23N5O2. The van der Waals surface area contributed by atoms with Crippen molar-refractivity contribution in [3.63, 3.8) is 0 Å². The number of aliphatic hydroxyl groups is 1. The number of pyridine rings is 1. The van der Waals surface area contributed by atoms with E-state index in [1.807, 2.05) is 33.9 Å². The highest BCUT2D eigenvalue weighted by molar-refractivity contribution is 5.92. The number of amides is 2. The molecule has 0 aromatic carbocycles. The number of carbonyl (C=O) groups is 1. The standard InChI is InChI=1S/C15H23N5O2/c1-9(2)15(4,22)8-17-14(21)18-11-6-12-10(3)19-20(5)13(12)16-7-11/h6-7,9,22H,8H2,1-5H3,(H2,17,18,21). The van der Waals surface area contributed by atoms with Gasteiger partial charge in [0.15, 0.2) is 5.65 Å². The maximum atomic E-state index is 11.9.